The van der Waals surface area contributed by atoms with Crippen molar-refractivity contribution in [3.8, 4) is 0 Å². The highest BCUT2D eigenvalue weighted by Crippen LogP contribution is 2.18. The van der Waals surface area contributed by atoms with E-state index in [1.165, 1.54) is 11.0 Å². The minimum absolute atomic E-state index is 0.0364. The van der Waals surface area contributed by atoms with Gasteiger partial charge in [-0.15, -0.1) is 6.58 Å². The first-order chi connectivity index (χ1) is 10.4. The summed E-state index contributed by atoms with van der Waals surface area (Å²) in [6.45, 7) is 2.99. The number of likely N-dealkylation sites (tertiary alicyclic amines) is 1. The SMILES string of the molecule is C=CCN1C(=O)C(=O)N(CC(=O)N2CCC(C(=O)O)C2)C1=O. The molecule has 2 aliphatic rings. The number of hydrogen-bond donors (Lipinski definition) is 1. The largest absolute Gasteiger partial charge is 0.481 e. The highest BCUT2D eigenvalue weighted by molar-refractivity contribution is 6.45. The Morgan fingerprint density at radius 2 is 1.86 bits per heavy atom. The second-order valence-electron chi connectivity index (χ2n) is 5.04. The summed E-state index contributed by atoms with van der Waals surface area (Å²) < 4.78 is 0. The van der Waals surface area contributed by atoms with E-state index in [-0.39, 0.29) is 19.6 Å². The number of carbonyl (C=O) groups is 5. The van der Waals surface area contributed by atoms with Crippen molar-refractivity contribution in [2.24, 2.45) is 5.92 Å². The van der Waals surface area contributed by atoms with Crippen LogP contribution < -0.4 is 0 Å². The van der Waals surface area contributed by atoms with Crippen LogP contribution in [0.1, 0.15) is 6.42 Å². The maximum Gasteiger partial charge on any atom is 0.335 e. The molecule has 2 aliphatic heterocycles. The van der Waals surface area contributed by atoms with Gasteiger partial charge in [-0.2, -0.15) is 0 Å². The molecular weight excluding hydrogens is 294 g/mol. The van der Waals surface area contributed by atoms with Crippen molar-refractivity contribution in [3.05, 3.63) is 12.7 Å². The monoisotopic (exact) mass is 309 g/mol. The predicted octanol–water partition coefficient (Wildman–Crippen LogP) is -1.10. The summed E-state index contributed by atoms with van der Waals surface area (Å²) in [7, 11) is 0. The van der Waals surface area contributed by atoms with Gasteiger partial charge < -0.3 is 10.0 Å². The highest BCUT2D eigenvalue weighted by atomic mass is 16.4. The lowest BCUT2D eigenvalue weighted by atomic mass is 10.1. The standard InChI is InChI=1S/C13H15N3O6/c1-2-4-15-10(18)11(19)16(13(15)22)7-9(17)14-5-3-8(6-14)12(20)21/h2,8H,1,3-7H2,(H,20,21). The maximum atomic E-state index is 12.1. The summed E-state index contributed by atoms with van der Waals surface area (Å²) in [6.07, 6.45) is 1.62. The summed E-state index contributed by atoms with van der Waals surface area (Å²) in [5, 5.41) is 8.89. The van der Waals surface area contributed by atoms with Crippen LogP contribution >= 0.6 is 0 Å². The van der Waals surface area contributed by atoms with E-state index in [1.807, 2.05) is 0 Å². The van der Waals surface area contributed by atoms with E-state index in [0.717, 1.165) is 0 Å². The number of rotatable bonds is 5. The molecule has 2 rings (SSSR count). The zero-order valence-electron chi connectivity index (χ0n) is 11.7. The molecule has 118 valence electrons. The van der Waals surface area contributed by atoms with Crippen LogP contribution in [0.5, 0.6) is 0 Å². The molecule has 9 nitrogen and oxygen atoms in total. The molecule has 1 atom stereocenters. The highest BCUT2D eigenvalue weighted by Gasteiger charge is 2.45. The van der Waals surface area contributed by atoms with Crippen LogP contribution in [0.3, 0.4) is 0 Å². The Hall–Kier alpha value is -2.71. The lowest BCUT2D eigenvalue weighted by molar-refractivity contribution is -0.144. The van der Waals surface area contributed by atoms with Gasteiger partial charge in [-0.05, 0) is 6.42 Å². The Morgan fingerprint density at radius 3 is 2.41 bits per heavy atom. The minimum Gasteiger partial charge on any atom is -0.481 e. The molecule has 0 aromatic carbocycles. The van der Waals surface area contributed by atoms with E-state index in [4.69, 9.17) is 5.11 Å². The molecule has 5 amide bonds. The number of hydrogen-bond acceptors (Lipinski definition) is 5. The molecule has 0 spiro atoms. The Bertz CT molecular complexity index is 572. The minimum atomic E-state index is -1.06. The van der Waals surface area contributed by atoms with Crippen LogP contribution in [0.2, 0.25) is 0 Å². The summed E-state index contributed by atoms with van der Waals surface area (Å²) in [6, 6.07) is -0.864. The molecule has 2 heterocycles. The van der Waals surface area contributed by atoms with Gasteiger partial charge in [0.2, 0.25) is 5.91 Å². The van der Waals surface area contributed by atoms with E-state index in [0.29, 0.717) is 16.2 Å². The molecule has 0 aliphatic carbocycles. The fraction of sp³-hybridized carbons (Fsp3) is 0.462. The van der Waals surface area contributed by atoms with E-state index >= 15 is 0 Å². The van der Waals surface area contributed by atoms with Crippen molar-refractivity contribution < 1.29 is 29.1 Å². The van der Waals surface area contributed by atoms with Crippen LogP contribution in [-0.2, 0) is 19.2 Å². The molecule has 1 unspecified atom stereocenters. The molecule has 0 bridgehead atoms. The van der Waals surface area contributed by atoms with Crippen molar-refractivity contribution in [1.82, 2.24) is 14.7 Å². The van der Waals surface area contributed by atoms with Crippen molar-refractivity contribution in [1.29, 1.82) is 0 Å². The van der Waals surface area contributed by atoms with Crippen molar-refractivity contribution in [2.75, 3.05) is 26.2 Å². The van der Waals surface area contributed by atoms with Crippen LogP contribution in [-0.4, -0.2) is 75.7 Å². The molecule has 22 heavy (non-hydrogen) atoms. The topological polar surface area (TPSA) is 115 Å². The van der Waals surface area contributed by atoms with Crippen LogP contribution in [0.15, 0.2) is 12.7 Å². The molecule has 9 heteroatoms. The number of imide groups is 2. The van der Waals surface area contributed by atoms with E-state index in [2.05, 4.69) is 6.58 Å². The summed E-state index contributed by atoms with van der Waals surface area (Å²) in [4.78, 5) is 60.8. The number of aliphatic carboxylic acids is 1. The number of urea groups is 1. The average Bonchev–Trinajstić information content (AvgIpc) is 3.04. The zero-order valence-corrected chi connectivity index (χ0v) is 11.7. The first-order valence-corrected chi connectivity index (χ1v) is 6.65. The van der Waals surface area contributed by atoms with Crippen molar-refractivity contribution in [3.63, 3.8) is 0 Å². The summed E-state index contributed by atoms with van der Waals surface area (Å²) >= 11 is 0. The van der Waals surface area contributed by atoms with Gasteiger partial charge in [0.1, 0.15) is 6.54 Å². The summed E-state index contributed by atoms with van der Waals surface area (Å²) in [5.41, 5.74) is 0. The van der Waals surface area contributed by atoms with Gasteiger partial charge in [0.15, 0.2) is 0 Å². The Balaban J connectivity index is 2.01. The molecule has 0 saturated carbocycles. The van der Waals surface area contributed by atoms with Gasteiger partial charge in [-0.25, -0.2) is 9.69 Å². The van der Waals surface area contributed by atoms with Gasteiger partial charge in [-0.1, -0.05) is 6.08 Å². The number of amides is 5. The van der Waals surface area contributed by atoms with Crippen LogP contribution in [0.4, 0.5) is 4.79 Å². The third-order valence-electron chi connectivity index (χ3n) is 3.63. The second kappa shape index (κ2) is 5.96. The third-order valence-corrected chi connectivity index (χ3v) is 3.63. The summed E-state index contributed by atoms with van der Waals surface area (Å²) in [5.74, 6) is -4.25. The van der Waals surface area contributed by atoms with Gasteiger partial charge in [-0.3, -0.25) is 24.1 Å². The number of carbonyl (C=O) groups excluding carboxylic acids is 4. The van der Waals surface area contributed by atoms with E-state index in [1.54, 1.807) is 0 Å². The van der Waals surface area contributed by atoms with E-state index < -0.39 is 42.2 Å². The molecule has 1 N–H and O–H groups in total. The fourth-order valence-electron chi connectivity index (χ4n) is 2.40. The first-order valence-electron chi connectivity index (χ1n) is 6.65. The van der Waals surface area contributed by atoms with Crippen LogP contribution in [0, 0.1) is 5.92 Å². The Morgan fingerprint density at radius 1 is 1.23 bits per heavy atom. The number of nitrogens with zero attached hydrogens (tertiary/aromatic N) is 3. The van der Waals surface area contributed by atoms with Gasteiger partial charge in [0, 0.05) is 19.6 Å². The quantitative estimate of drug-likeness (QED) is 0.391. The normalized spacial score (nSPS) is 21.7. The Labute approximate surface area is 125 Å². The fourth-order valence-corrected chi connectivity index (χ4v) is 2.40. The molecule has 0 radical (unpaired) electrons. The molecule has 0 aromatic heterocycles. The molecule has 2 saturated heterocycles. The molecule has 0 aromatic rings. The van der Waals surface area contributed by atoms with Gasteiger partial charge >= 0.3 is 23.8 Å². The number of carboxylic acids is 1. The number of carboxylic acid groups (broad SMARTS) is 1. The average molecular weight is 309 g/mol. The molecular formula is C13H15N3O6. The molecule has 2 fully saturated rings. The first kappa shape index (κ1) is 15.7. The lowest BCUT2D eigenvalue weighted by Gasteiger charge is -2.19. The van der Waals surface area contributed by atoms with Crippen LogP contribution in [0.25, 0.3) is 0 Å². The Kier molecular flexibility index (Phi) is 4.25. The van der Waals surface area contributed by atoms with Crippen molar-refractivity contribution in [2.45, 2.75) is 6.42 Å². The maximum absolute atomic E-state index is 12.1. The predicted molar refractivity (Wildman–Crippen MR) is 71.3 cm³/mol. The third kappa shape index (κ3) is 2.69. The smallest absolute Gasteiger partial charge is 0.335 e. The van der Waals surface area contributed by atoms with Gasteiger partial charge in [0.25, 0.3) is 0 Å². The second-order valence-corrected chi connectivity index (χ2v) is 5.04. The lowest BCUT2D eigenvalue weighted by Crippen LogP contribution is -2.43. The van der Waals surface area contributed by atoms with Crippen molar-refractivity contribution >= 4 is 29.7 Å². The van der Waals surface area contributed by atoms with E-state index in [9.17, 15) is 24.0 Å². The zero-order chi connectivity index (χ0) is 16.4. The van der Waals surface area contributed by atoms with Gasteiger partial charge in [0.05, 0.1) is 5.92 Å².